The summed E-state index contributed by atoms with van der Waals surface area (Å²) in [4.78, 5) is 0. The fraction of sp³-hybridized carbons (Fsp3) is 1.00. The highest BCUT2D eigenvalue weighted by atomic mass is 32.2. The van der Waals surface area contributed by atoms with E-state index >= 15 is 0 Å². The van der Waals surface area contributed by atoms with Gasteiger partial charge in [-0.15, -0.1) is 0 Å². The molecule has 2 N–H and O–H groups in total. The van der Waals surface area contributed by atoms with E-state index in [1.54, 1.807) is 0 Å². The summed E-state index contributed by atoms with van der Waals surface area (Å²) in [6.07, 6.45) is 2.60. The van der Waals surface area contributed by atoms with Gasteiger partial charge in [-0.3, -0.25) is 0 Å². The highest BCUT2D eigenvalue weighted by Crippen LogP contribution is 2.16. The van der Waals surface area contributed by atoms with E-state index in [1.165, 1.54) is 0 Å². The minimum atomic E-state index is -3.20. The fourth-order valence-corrected chi connectivity index (χ4v) is 4.15. The van der Waals surface area contributed by atoms with Crippen molar-refractivity contribution in [3.8, 4) is 0 Å². The molecule has 17 heavy (non-hydrogen) atoms. The van der Waals surface area contributed by atoms with Crippen molar-refractivity contribution in [3.05, 3.63) is 0 Å². The van der Waals surface area contributed by atoms with Crippen LogP contribution in [0.4, 0.5) is 0 Å². The lowest BCUT2D eigenvalue weighted by Crippen LogP contribution is -2.49. The number of hydrogen-bond donors (Lipinski definition) is 2. The molecule has 0 aromatic rings. The maximum absolute atomic E-state index is 12.0. The molecule has 100 valence electrons. The van der Waals surface area contributed by atoms with Gasteiger partial charge in [0.05, 0.1) is 11.9 Å². The second kappa shape index (κ2) is 5.65. The maximum Gasteiger partial charge on any atom is 0.214 e. The van der Waals surface area contributed by atoms with Crippen LogP contribution >= 0.6 is 0 Å². The van der Waals surface area contributed by atoms with Crippen LogP contribution in [0.25, 0.3) is 0 Å². The lowest BCUT2D eigenvalue weighted by molar-refractivity contribution is 0.127. The monoisotopic (exact) mass is 262 g/mol. The summed E-state index contributed by atoms with van der Waals surface area (Å²) in [5.74, 6) is 0.465. The summed E-state index contributed by atoms with van der Waals surface area (Å²) in [5.41, 5.74) is 0. The van der Waals surface area contributed by atoms with Crippen LogP contribution in [0.5, 0.6) is 0 Å². The molecule has 0 saturated carbocycles. The van der Waals surface area contributed by atoms with Gasteiger partial charge in [-0.05, 0) is 38.3 Å². The topological polar surface area (TPSA) is 67.4 Å². The molecular weight excluding hydrogens is 240 g/mol. The third-order valence-electron chi connectivity index (χ3n) is 3.55. The van der Waals surface area contributed by atoms with Crippen LogP contribution < -0.4 is 10.0 Å². The Hall–Kier alpha value is -0.170. The van der Waals surface area contributed by atoms with Gasteiger partial charge in [-0.1, -0.05) is 6.92 Å². The quantitative estimate of drug-likeness (QED) is 0.753. The zero-order valence-electron chi connectivity index (χ0n) is 10.3. The Kier molecular flexibility index (Phi) is 4.41. The molecule has 2 heterocycles. The van der Waals surface area contributed by atoms with Crippen LogP contribution in [0, 0.1) is 5.92 Å². The van der Waals surface area contributed by atoms with Crippen LogP contribution in [-0.4, -0.2) is 46.0 Å². The van der Waals surface area contributed by atoms with Crippen LogP contribution in [0.3, 0.4) is 0 Å². The Labute approximate surface area is 103 Å². The second-order valence-corrected chi connectivity index (χ2v) is 6.91. The number of piperidine rings is 1. The highest BCUT2D eigenvalue weighted by Gasteiger charge is 2.28. The largest absolute Gasteiger partial charge is 0.377 e. The van der Waals surface area contributed by atoms with Gasteiger partial charge >= 0.3 is 0 Å². The van der Waals surface area contributed by atoms with Crippen molar-refractivity contribution in [3.63, 3.8) is 0 Å². The molecule has 0 bridgehead atoms. The van der Waals surface area contributed by atoms with Crippen LogP contribution in [0.15, 0.2) is 0 Å². The summed E-state index contributed by atoms with van der Waals surface area (Å²) in [5, 5.41) is 3.26. The molecule has 0 aliphatic carbocycles. The highest BCUT2D eigenvalue weighted by molar-refractivity contribution is 7.89. The van der Waals surface area contributed by atoms with E-state index in [4.69, 9.17) is 4.74 Å². The van der Waals surface area contributed by atoms with E-state index in [0.717, 1.165) is 32.4 Å². The first-order chi connectivity index (χ1) is 8.07. The number of hydrogen-bond acceptors (Lipinski definition) is 4. The smallest absolute Gasteiger partial charge is 0.214 e. The molecule has 0 spiro atoms. The Bertz CT molecular complexity index is 339. The normalized spacial score (nSPS) is 35.0. The zero-order valence-corrected chi connectivity index (χ0v) is 11.1. The maximum atomic E-state index is 12.0. The second-order valence-electron chi connectivity index (χ2n) is 5.11. The molecular formula is C11H22N2O3S. The molecule has 0 radical (unpaired) electrons. The summed E-state index contributed by atoms with van der Waals surface area (Å²) in [6.45, 7) is 4.54. The van der Waals surface area contributed by atoms with Crippen molar-refractivity contribution in [1.29, 1.82) is 0 Å². The lowest BCUT2D eigenvalue weighted by Gasteiger charge is -2.30. The molecule has 2 aliphatic rings. The predicted molar refractivity (Wildman–Crippen MR) is 66.3 cm³/mol. The number of ether oxygens (including phenoxy) is 1. The predicted octanol–water partition coefficient (Wildman–Crippen LogP) is 0.0828. The van der Waals surface area contributed by atoms with Crippen LogP contribution in [-0.2, 0) is 14.8 Å². The third-order valence-corrected chi connectivity index (χ3v) is 5.02. The summed E-state index contributed by atoms with van der Waals surface area (Å²) >= 11 is 0. The van der Waals surface area contributed by atoms with E-state index in [-0.39, 0.29) is 17.9 Å². The van der Waals surface area contributed by atoms with Crippen molar-refractivity contribution in [1.82, 2.24) is 10.0 Å². The minimum absolute atomic E-state index is 0.0719. The molecule has 3 atom stereocenters. The van der Waals surface area contributed by atoms with Crippen molar-refractivity contribution < 1.29 is 13.2 Å². The van der Waals surface area contributed by atoms with Gasteiger partial charge in [0, 0.05) is 12.6 Å². The van der Waals surface area contributed by atoms with Gasteiger partial charge in [0.1, 0.15) is 0 Å². The molecule has 2 rings (SSSR count). The average Bonchev–Trinajstić information content (AvgIpc) is 2.73. The number of rotatable bonds is 4. The van der Waals surface area contributed by atoms with E-state index in [1.807, 2.05) is 0 Å². The van der Waals surface area contributed by atoms with Gasteiger partial charge in [0.2, 0.25) is 10.0 Å². The minimum Gasteiger partial charge on any atom is -0.377 e. The standard InChI is InChI=1S/C11H22N2O3S/c1-9-7-12-5-4-11(9)13-17(14,15)8-10-3-2-6-16-10/h9-13H,2-8H2,1H3. The summed E-state index contributed by atoms with van der Waals surface area (Å²) < 4.78 is 32.2. The molecule has 2 fully saturated rings. The summed E-state index contributed by atoms with van der Waals surface area (Å²) in [7, 11) is -3.20. The molecule has 2 aliphatic heterocycles. The van der Waals surface area contributed by atoms with Gasteiger partial charge in [0.15, 0.2) is 0 Å². The van der Waals surface area contributed by atoms with Gasteiger partial charge in [0.25, 0.3) is 0 Å². The number of nitrogens with one attached hydrogen (secondary N) is 2. The van der Waals surface area contributed by atoms with Gasteiger partial charge in [-0.25, -0.2) is 13.1 Å². The zero-order chi connectivity index (χ0) is 12.3. The van der Waals surface area contributed by atoms with Crippen molar-refractivity contribution in [2.45, 2.75) is 38.3 Å². The molecule has 0 aromatic carbocycles. The first-order valence-electron chi connectivity index (χ1n) is 6.39. The Morgan fingerprint density at radius 2 is 2.24 bits per heavy atom. The van der Waals surface area contributed by atoms with Crippen molar-refractivity contribution in [2.24, 2.45) is 5.92 Å². The average molecular weight is 262 g/mol. The molecule has 0 aromatic heterocycles. The van der Waals surface area contributed by atoms with Crippen LogP contribution in [0.1, 0.15) is 26.2 Å². The fourth-order valence-electron chi connectivity index (χ4n) is 2.49. The molecule has 3 unspecified atom stereocenters. The molecule has 5 nitrogen and oxygen atoms in total. The van der Waals surface area contributed by atoms with E-state index < -0.39 is 10.0 Å². The Morgan fingerprint density at radius 1 is 1.41 bits per heavy atom. The van der Waals surface area contributed by atoms with E-state index in [9.17, 15) is 8.42 Å². The molecule has 6 heteroatoms. The summed E-state index contributed by atoms with van der Waals surface area (Å²) in [6, 6.07) is 0.0719. The van der Waals surface area contributed by atoms with Gasteiger partial charge < -0.3 is 10.1 Å². The SMILES string of the molecule is CC1CNCCC1NS(=O)(=O)CC1CCCO1. The first kappa shape index (κ1) is 13.3. The molecule has 2 saturated heterocycles. The first-order valence-corrected chi connectivity index (χ1v) is 8.04. The Balaban J connectivity index is 1.87. The van der Waals surface area contributed by atoms with Gasteiger partial charge in [-0.2, -0.15) is 0 Å². The molecule has 0 amide bonds. The van der Waals surface area contributed by atoms with E-state index in [2.05, 4.69) is 17.0 Å². The number of sulfonamides is 1. The third kappa shape index (κ3) is 3.91. The van der Waals surface area contributed by atoms with E-state index in [0.29, 0.717) is 12.5 Å². The Morgan fingerprint density at radius 3 is 2.88 bits per heavy atom. The van der Waals surface area contributed by atoms with Crippen molar-refractivity contribution >= 4 is 10.0 Å². The van der Waals surface area contributed by atoms with Crippen molar-refractivity contribution in [2.75, 3.05) is 25.4 Å². The van der Waals surface area contributed by atoms with Crippen LogP contribution in [0.2, 0.25) is 0 Å². The lowest BCUT2D eigenvalue weighted by atomic mass is 9.97.